The highest BCUT2D eigenvalue weighted by molar-refractivity contribution is 5.97. The summed E-state index contributed by atoms with van der Waals surface area (Å²) in [4.78, 5) is 26.4. The van der Waals surface area contributed by atoms with Gasteiger partial charge in [-0.05, 0) is 33.1 Å². The van der Waals surface area contributed by atoms with Gasteiger partial charge in [-0.1, -0.05) is 27.2 Å². The third-order valence-corrected chi connectivity index (χ3v) is 4.30. The first-order chi connectivity index (χ1) is 8.41. The fourth-order valence-corrected chi connectivity index (χ4v) is 2.64. The number of nitrogens with one attached hydrogen (secondary N) is 1. The molecule has 2 atom stereocenters. The first kappa shape index (κ1) is 15.0. The highest BCUT2D eigenvalue weighted by Crippen LogP contribution is 2.29. The summed E-state index contributed by atoms with van der Waals surface area (Å²) in [6.07, 6.45) is 3.35. The van der Waals surface area contributed by atoms with Crippen LogP contribution in [-0.2, 0) is 9.59 Å². The molecule has 1 aliphatic heterocycles. The predicted molar refractivity (Wildman–Crippen MR) is 72.1 cm³/mol. The summed E-state index contributed by atoms with van der Waals surface area (Å²) in [6.45, 7) is 10.1. The van der Waals surface area contributed by atoms with Crippen molar-refractivity contribution in [2.45, 2.75) is 77.9 Å². The van der Waals surface area contributed by atoms with Gasteiger partial charge in [0.2, 0.25) is 11.8 Å². The van der Waals surface area contributed by atoms with E-state index in [4.69, 9.17) is 0 Å². The number of hydrogen-bond acceptors (Lipinski definition) is 2. The monoisotopic (exact) mass is 254 g/mol. The van der Waals surface area contributed by atoms with Crippen LogP contribution in [0.5, 0.6) is 0 Å². The maximum atomic E-state index is 12.5. The Hall–Kier alpha value is -1.06. The lowest BCUT2D eigenvalue weighted by Gasteiger charge is -2.48. The molecule has 0 spiro atoms. The maximum absolute atomic E-state index is 12.5. The normalized spacial score (nSPS) is 25.3. The molecule has 1 rings (SSSR count). The first-order valence-electron chi connectivity index (χ1n) is 7.04. The minimum Gasteiger partial charge on any atom is -0.343 e. The Kier molecular flexibility index (Phi) is 4.77. The average molecular weight is 254 g/mol. The lowest BCUT2D eigenvalue weighted by Crippen LogP contribution is -2.67. The minimum atomic E-state index is -0.365. The number of carbonyl (C=O) groups is 2. The van der Waals surface area contributed by atoms with Crippen LogP contribution in [0, 0.1) is 0 Å². The van der Waals surface area contributed by atoms with E-state index in [1.54, 1.807) is 0 Å². The molecule has 2 amide bonds. The highest BCUT2D eigenvalue weighted by Gasteiger charge is 2.44. The number of amides is 2. The van der Waals surface area contributed by atoms with Gasteiger partial charge in [-0.3, -0.25) is 9.59 Å². The molecule has 1 saturated heterocycles. The topological polar surface area (TPSA) is 49.4 Å². The van der Waals surface area contributed by atoms with Crippen molar-refractivity contribution in [1.29, 1.82) is 0 Å². The average Bonchev–Trinajstić information content (AvgIpc) is 2.36. The van der Waals surface area contributed by atoms with Crippen LogP contribution < -0.4 is 5.32 Å². The molecule has 0 aromatic carbocycles. The molecule has 0 aromatic rings. The van der Waals surface area contributed by atoms with Crippen LogP contribution in [0.2, 0.25) is 0 Å². The van der Waals surface area contributed by atoms with E-state index >= 15 is 0 Å². The summed E-state index contributed by atoms with van der Waals surface area (Å²) in [5.74, 6) is 0.0522. The van der Waals surface area contributed by atoms with E-state index in [0.717, 1.165) is 25.7 Å². The third kappa shape index (κ3) is 2.52. The van der Waals surface area contributed by atoms with Crippen molar-refractivity contribution in [3.63, 3.8) is 0 Å². The largest absolute Gasteiger partial charge is 0.343 e. The zero-order valence-corrected chi connectivity index (χ0v) is 12.2. The van der Waals surface area contributed by atoms with Gasteiger partial charge >= 0.3 is 0 Å². The van der Waals surface area contributed by atoms with Crippen molar-refractivity contribution in [1.82, 2.24) is 10.2 Å². The SMILES string of the molecule is CCCC1NC(=O)C(C)N(C(C)(CC)CC)C1=O. The van der Waals surface area contributed by atoms with Crippen LogP contribution in [0.3, 0.4) is 0 Å². The molecule has 0 aromatic heterocycles. The van der Waals surface area contributed by atoms with E-state index in [1.165, 1.54) is 0 Å². The highest BCUT2D eigenvalue weighted by atomic mass is 16.2. The van der Waals surface area contributed by atoms with Gasteiger partial charge in [0.15, 0.2) is 0 Å². The molecule has 2 unspecified atom stereocenters. The second kappa shape index (κ2) is 5.72. The van der Waals surface area contributed by atoms with Crippen molar-refractivity contribution < 1.29 is 9.59 Å². The Bertz CT molecular complexity index is 324. The summed E-state index contributed by atoms with van der Waals surface area (Å²) in [5.41, 5.74) is -0.222. The van der Waals surface area contributed by atoms with Crippen LogP contribution in [0.15, 0.2) is 0 Å². The molecule has 1 fully saturated rings. The van der Waals surface area contributed by atoms with Crippen LogP contribution >= 0.6 is 0 Å². The second-order valence-electron chi connectivity index (χ2n) is 5.44. The molecule has 4 nitrogen and oxygen atoms in total. The van der Waals surface area contributed by atoms with Gasteiger partial charge in [-0.2, -0.15) is 0 Å². The molecule has 1 heterocycles. The van der Waals surface area contributed by atoms with E-state index < -0.39 is 0 Å². The summed E-state index contributed by atoms with van der Waals surface area (Å²) in [6, 6.07) is -0.702. The van der Waals surface area contributed by atoms with Crippen LogP contribution in [0.25, 0.3) is 0 Å². The molecule has 18 heavy (non-hydrogen) atoms. The van der Waals surface area contributed by atoms with E-state index in [9.17, 15) is 9.59 Å². The van der Waals surface area contributed by atoms with Gasteiger partial charge in [-0.25, -0.2) is 0 Å². The van der Waals surface area contributed by atoms with Gasteiger partial charge in [0.25, 0.3) is 0 Å². The van der Waals surface area contributed by atoms with E-state index in [0.29, 0.717) is 0 Å². The molecule has 0 aliphatic carbocycles. The molecular formula is C14H26N2O2. The molecule has 1 aliphatic rings. The zero-order chi connectivity index (χ0) is 13.9. The first-order valence-corrected chi connectivity index (χ1v) is 7.04. The molecular weight excluding hydrogens is 228 g/mol. The fourth-order valence-electron chi connectivity index (χ4n) is 2.64. The Morgan fingerprint density at radius 1 is 1.22 bits per heavy atom. The predicted octanol–water partition coefficient (Wildman–Crippen LogP) is 2.08. The lowest BCUT2D eigenvalue weighted by molar-refractivity contribution is -0.156. The lowest BCUT2D eigenvalue weighted by atomic mass is 9.88. The molecule has 0 saturated carbocycles. The van der Waals surface area contributed by atoms with Crippen molar-refractivity contribution >= 4 is 11.8 Å². The summed E-state index contributed by atoms with van der Waals surface area (Å²) in [7, 11) is 0. The van der Waals surface area contributed by atoms with Gasteiger partial charge < -0.3 is 10.2 Å². The quantitative estimate of drug-likeness (QED) is 0.816. The van der Waals surface area contributed by atoms with Gasteiger partial charge in [0, 0.05) is 5.54 Å². The number of hydrogen-bond donors (Lipinski definition) is 1. The zero-order valence-electron chi connectivity index (χ0n) is 12.2. The van der Waals surface area contributed by atoms with Gasteiger partial charge in [-0.15, -0.1) is 0 Å². The fraction of sp³-hybridized carbons (Fsp3) is 0.857. The van der Waals surface area contributed by atoms with Crippen LogP contribution in [-0.4, -0.2) is 34.3 Å². The molecule has 1 N–H and O–H groups in total. The number of carbonyl (C=O) groups excluding carboxylic acids is 2. The summed E-state index contributed by atoms with van der Waals surface area (Å²) >= 11 is 0. The van der Waals surface area contributed by atoms with Crippen molar-refractivity contribution in [2.75, 3.05) is 0 Å². The minimum absolute atomic E-state index is 0.0267. The number of piperazine rings is 1. The van der Waals surface area contributed by atoms with E-state index in [-0.39, 0.29) is 29.4 Å². The molecule has 4 heteroatoms. The molecule has 0 bridgehead atoms. The maximum Gasteiger partial charge on any atom is 0.246 e. The molecule has 0 radical (unpaired) electrons. The van der Waals surface area contributed by atoms with E-state index in [2.05, 4.69) is 26.1 Å². The van der Waals surface area contributed by atoms with Crippen molar-refractivity contribution in [3.05, 3.63) is 0 Å². The third-order valence-electron chi connectivity index (χ3n) is 4.30. The van der Waals surface area contributed by atoms with Crippen molar-refractivity contribution in [2.24, 2.45) is 0 Å². The Balaban J connectivity index is 3.05. The van der Waals surface area contributed by atoms with Crippen LogP contribution in [0.4, 0.5) is 0 Å². The smallest absolute Gasteiger partial charge is 0.246 e. The Labute approximate surface area is 110 Å². The number of nitrogens with zero attached hydrogens (tertiary/aromatic N) is 1. The van der Waals surface area contributed by atoms with Crippen LogP contribution in [0.1, 0.15) is 60.3 Å². The van der Waals surface area contributed by atoms with Gasteiger partial charge in [0.05, 0.1) is 0 Å². The number of rotatable bonds is 5. The van der Waals surface area contributed by atoms with Gasteiger partial charge in [0.1, 0.15) is 12.1 Å². The standard InChI is InChI=1S/C14H26N2O2/c1-6-9-11-13(18)16(10(4)12(17)15-11)14(5,7-2)8-3/h10-11H,6-9H2,1-5H3,(H,15,17). The van der Waals surface area contributed by atoms with E-state index in [1.807, 2.05) is 18.7 Å². The molecule has 104 valence electrons. The second-order valence-corrected chi connectivity index (χ2v) is 5.44. The summed E-state index contributed by atoms with van der Waals surface area (Å²) < 4.78 is 0. The Morgan fingerprint density at radius 2 is 1.78 bits per heavy atom. The Morgan fingerprint density at radius 3 is 2.22 bits per heavy atom. The van der Waals surface area contributed by atoms with Crippen molar-refractivity contribution in [3.8, 4) is 0 Å². The summed E-state index contributed by atoms with van der Waals surface area (Å²) in [5, 5.41) is 2.84.